The lowest BCUT2D eigenvalue weighted by molar-refractivity contribution is 0.615. The first-order valence-electron chi connectivity index (χ1n) is 6.18. The van der Waals surface area contributed by atoms with Crippen molar-refractivity contribution in [1.82, 2.24) is 14.2 Å². The Bertz CT molecular complexity index is 899. The van der Waals surface area contributed by atoms with Gasteiger partial charge in [-0.05, 0) is 35.9 Å². The number of hydrogen-bond acceptors (Lipinski definition) is 3. The molecule has 0 atom stereocenters. The van der Waals surface area contributed by atoms with Crippen molar-refractivity contribution in [2.24, 2.45) is 5.73 Å². The number of hydrogen-bond donors (Lipinski definition) is 1. The summed E-state index contributed by atoms with van der Waals surface area (Å²) in [5, 5.41) is 4.19. The van der Waals surface area contributed by atoms with Crippen molar-refractivity contribution in [2.75, 3.05) is 0 Å². The van der Waals surface area contributed by atoms with E-state index in [-0.39, 0.29) is 17.2 Å². The average molecular weight is 302 g/mol. The van der Waals surface area contributed by atoms with Gasteiger partial charge in [0.2, 0.25) is 0 Å². The second-order valence-electron chi connectivity index (χ2n) is 4.58. The number of aromatic nitrogens is 3. The molecule has 2 aromatic heterocycles. The van der Waals surface area contributed by atoms with E-state index in [0.717, 1.165) is 0 Å². The fraction of sp³-hybridized carbons (Fsp3) is 0.0714. The Balaban J connectivity index is 2.04. The quantitative estimate of drug-likeness (QED) is 0.741. The lowest BCUT2D eigenvalue weighted by Gasteiger charge is -2.04. The van der Waals surface area contributed by atoms with Crippen LogP contribution >= 0.6 is 12.2 Å². The Morgan fingerprint density at radius 1 is 1.33 bits per heavy atom. The molecule has 0 unspecified atom stereocenters. The van der Waals surface area contributed by atoms with Gasteiger partial charge in [0.15, 0.2) is 5.65 Å². The van der Waals surface area contributed by atoms with Gasteiger partial charge in [0.25, 0.3) is 0 Å². The first-order valence-corrected chi connectivity index (χ1v) is 6.59. The van der Waals surface area contributed by atoms with Crippen molar-refractivity contribution in [2.45, 2.75) is 6.54 Å². The van der Waals surface area contributed by atoms with Crippen LogP contribution in [0.1, 0.15) is 11.1 Å². The molecule has 0 saturated carbocycles. The van der Waals surface area contributed by atoms with Gasteiger partial charge < -0.3 is 5.73 Å². The Labute approximate surface area is 124 Å². The predicted octanol–water partition coefficient (Wildman–Crippen LogP) is 1.32. The van der Waals surface area contributed by atoms with E-state index in [2.05, 4.69) is 5.10 Å². The third kappa shape index (κ3) is 2.55. The van der Waals surface area contributed by atoms with Crippen molar-refractivity contribution in [3.8, 4) is 0 Å². The fourth-order valence-corrected chi connectivity index (χ4v) is 2.25. The summed E-state index contributed by atoms with van der Waals surface area (Å²) in [6, 6.07) is 9.51. The van der Waals surface area contributed by atoms with Crippen LogP contribution in [0.3, 0.4) is 0 Å². The van der Waals surface area contributed by atoms with Crippen LogP contribution in [-0.4, -0.2) is 19.2 Å². The lowest BCUT2D eigenvalue weighted by Crippen LogP contribution is -2.22. The number of rotatable bonds is 3. The molecule has 1 aromatic carbocycles. The monoisotopic (exact) mass is 302 g/mol. The number of nitrogens with zero attached hydrogens (tertiary/aromatic N) is 3. The summed E-state index contributed by atoms with van der Waals surface area (Å²) in [6.45, 7) is 0.147. The van der Waals surface area contributed by atoms with E-state index >= 15 is 0 Å². The highest BCUT2D eigenvalue weighted by molar-refractivity contribution is 7.80. The minimum Gasteiger partial charge on any atom is -0.389 e. The summed E-state index contributed by atoms with van der Waals surface area (Å²) >= 11 is 4.85. The fourth-order valence-electron chi connectivity index (χ4n) is 2.13. The minimum absolute atomic E-state index is 0.109. The van der Waals surface area contributed by atoms with Crippen molar-refractivity contribution in [1.29, 1.82) is 0 Å². The van der Waals surface area contributed by atoms with Crippen molar-refractivity contribution in [3.05, 3.63) is 70.0 Å². The standard InChI is InChI=1S/C14H11FN4OS/c15-11-6-9(5-10(7-11)13(16)21)8-19-14(20)18-4-2-1-3-12(18)17-19/h1-7H,8H2,(H2,16,21). The molecule has 0 amide bonds. The second-order valence-corrected chi connectivity index (χ2v) is 5.02. The molecule has 0 bridgehead atoms. The molecule has 5 nitrogen and oxygen atoms in total. The van der Waals surface area contributed by atoms with Crippen LogP contribution in [0.15, 0.2) is 47.4 Å². The van der Waals surface area contributed by atoms with Crippen LogP contribution in [0.4, 0.5) is 4.39 Å². The largest absolute Gasteiger partial charge is 0.389 e. The maximum absolute atomic E-state index is 13.6. The van der Waals surface area contributed by atoms with Crippen LogP contribution in [0.2, 0.25) is 0 Å². The van der Waals surface area contributed by atoms with E-state index in [0.29, 0.717) is 16.8 Å². The van der Waals surface area contributed by atoms with Gasteiger partial charge in [-0.3, -0.25) is 4.40 Å². The van der Waals surface area contributed by atoms with Crippen LogP contribution in [0.25, 0.3) is 5.65 Å². The van der Waals surface area contributed by atoms with Gasteiger partial charge in [-0.15, -0.1) is 5.10 Å². The van der Waals surface area contributed by atoms with Crippen LogP contribution in [0.5, 0.6) is 0 Å². The molecule has 0 aliphatic rings. The van der Waals surface area contributed by atoms with Gasteiger partial charge >= 0.3 is 5.69 Å². The topological polar surface area (TPSA) is 65.3 Å². The van der Waals surface area contributed by atoms with Gasteiger partial charge in [0.1, 0.15) is 10.8 Å². The highest BCUT2D eigenvalue weighted by Gasteiger charge is 2.09. The molecule has 3 rings (SSSR count). The maximum Gasteiger partial charge on any atom is 0.350 e. The first kappa shape index (κ1) is 13.4. The van der Waals surface area contributed by atoms with E-state index < -0.39 is 5.82 Å². The molecule has 0 spiro atoms. The summed E-state index contributed by atoms with van der Waals surface area (Å²) in [5.74, 6) is -0.452. The predicted molar refractivity (Wildman–Crippen MR) is 80.8 cm³/mol. The third-order valence-electron chi connectivity index (χ3n) is 3.06. The second kappa shape index (κ2) is 5.10. The zero-order valence-electron chi connectivity index (χ0n) is 10.9. The van der Waals surface area contributed by atoms with E-state index in [4.69, 9.17) is 18.0 Å². The van der Waals surface area contributed by atoms with Gasteiger partial charge in [-0.25, -0.2) is 13.9 Å². The van der Waals surface area contributed by atoms with E-state index in [9.17, 15) is 9.18 Å². The Morgan fingerprint density at radius 3 is 2.86 bits per heavy atom. The molecule has 0 fully saturated rings. The third-order valence-corrected chi connectivity index (χ3v) is 3.30. The molecule has 7 heteroatoms. The molecular weight excluding hydrogens is 291 g/mol. The molecule has 21 heavy (non-hydrogen) atoms. The number of fused-ring (bicyclic) bond motifs is 1. The van der Waals surface area contributed by atoms with Gasteiger partial charge in [0.05, 0.1) is 6.54 Å². The molecule has 2 heterocycles. The Hall–Kier alpha value is -2.54. The summed E-state index contributed by atoms with van der Waals surface area (Å²) in [6.07, 6.45) is 1.63. The zero-order chi connectivity index (χ0) is 15.0. The maximum atomic E-state index is 13.6. The highest BCUT2D eigenvalue weighted by atomic mass is 32.1. The van der Waals surface area contributed by atoms with Gasteiger partial charge in [0, 0.05) is 11.8 Å². The summed E-state index contributed by atoms with van der Waals surface area (Å²) in [5.41, 5.74) is 6.76. The Morgan fingerprint density at radius 2 is 2.14 bits per heavy atom. The molecular formula is C14H11FN4OS. The summed E-state index contributed by atoms with van der Waals surface area (Å²) in [7, 11) is 0. The number of halogens is 1. The minimum atomic E-state index is -0.452. The van der Waals surface area contributed by atoms with E-state index in [1.54, 1.807) is 30.5 Å². The first-order chi connectivity index (χ1) is 10.0. The summed E-state index contributed by atoms with van der Waals surface area (Å²) < 4.78 is 16.3. The van der Waals surface area contributed by atoms with Gasteiger partial charge in [-0.2, -0.15) is 0 Å². The summed E-state index contributed by atoms with van der Waals surface area (Å²) in [4.78, 5) is 12.3. The van der Waals surface area contributed by atoms with Crippen LogP contribution < -0.4 is 11.4 Å². The molecule has 0 saturated heterocycles. The smallest absolute Gasteiger partial charge is 0.350 e. The molecule has 3 aromatic rings. The van der Waals surface area contributed by atoms with Crippen LogP contribution in [0, 0.1) is 5.82 Å². The number of nitrogens with two attached hydrogens (primary N) is 1. The van der Waals surface area contributed by atoms with E-state index in [1.807, 2.05) is 0 Å². The SMILES string of the molecule is NC(=S)c1cc(F)cc(Cn2nc3ccccn3c2=O)c1. The van der Waals surface area contributed by atoms with Gasteiger partial charge in [-0.1, -0.05) is 18.3 Å². The molecule has 0 radical (unpaired) electrons. The normalized spacial score (nSPS) is 10.9. The van der Waals surface area contributed by atoms with Crippen molar-refractivity contribution >= 4 is 22.9 Å². The van der Waals surface area contributed by atoms with E-state index in [1.165, 1.54) is 21.2 Å². The molecule has 106 valence electrons. The van der Waals surface area contributed by atoms with Crippen molar-refractivity contribution < 1.29 is 4.39 Å². The average Bonchev–Trinajstić information content (AvgIpc) is 2.75. The zero-order valence-corrected chi connectivity index (χ0v) is 11.7. The highest BCUT2D eigenvalue weighted by Crippen LogP contribution is 2.10. The number of benzene rings is 1. The lowest BCUT2D eigenvalue weighted by atomic mass is 10.1. The molecule has 0 aliphatic carbocycles. The van der Waals surface area contributed by atoms with Crippen molar-refractivity contribution in [3.63, 3.8) is 0 Å². The molecule has 0 aliphatic heterocycles. The number of pyridine rings is 1. The molecule has 2 N–H and O–H groups in total. The Kier molecular flexibility index (Phi) is 3.26. The number of thiocarbonyl (C=S) groups is 1. The van der Waals surface area contributed by atoms with Crippen LogP contribution in [-0.2, 0) is 6.54 Å².